The number of carboxylic acid groups (broad SMARTS) is 1. The average molecular weight is 310 g/mol. The van der Waals surface area contributed by atoms with Crippen molar-refractivity contribution in [3.63, 3.8) is 0 Å². The normalized spacial score (nSPS) is 22.1. The molecule has 0 bridgehead atoms. The Morgan fingerprint density at radius 3 is 2.90 bits per heavy atom. The molecule has 6 heteroatoms. The summed E-state index contributed by atoms with van der Waals surface area (Å²) in [5.41, 5.74) is 0.144. The summed E-state index contributed by atoms with van der Waals surface area (Å²) in [6.45, 7) is 4.68. The van der Waals surface area contributed by atoms with Crippen LogP contribution in [-0.2, 0) is 17.8 Å². The Morgan fingerprint density at radius 2 is 2.24 bits per heavy atom. The maximum Gasteiger partial charge on any atom is 0.329 e. The van der Waals surface area contributed by atoms with E-state index in [2.05, 4.69) is 18.3 Å². The van der Waals surface area contributed by atoms with Crippen LogP contribution in [0.1, 0.15) is 43.6 Å². The summed E-state index contributed by atoms with van der Waals surface area (Å²) < 4.78 is 0. The molecule has 1 atom stereocenters. The lowest BCUT2D eigenvalue weighted by Gasteiger charge is -2.41. The van der Waals surface area contributed by atoms with Gasteiger partial charge in [-0.1, -0.05) is 6.92 Å². The molecule has 1 aromatic heterocycles. The third kappa shape index (κ3) is 3.20. The second kappa shape index (κ2) is 6.47. The number of aliphatic carboxylic acids is 1. The Labute approximate surface area is 129 Å². The highest BCUT2D eigenvalue weighted by atomic mass is 32.1. The van der Waals surface area contributed by atoms with Gasteiger partial charge in [0.1, 0.15) is 5.54 Å². The quantitative estimate of drug-likeness (QED) is 0.898. The fourth-order valence-electron chi connectivity index (χ4n) is 2.76. The number of carbonyl (C=O) groups excluding carboxylic acids is 1. The predicted molar refractivity (Wildman–Crippen MR) is 82.5 cm³/mol. The summed E-state index contributed by atoms with van der Waals surface area (Å²) >= 11 is 1.62. The number of nitrogens with one attached hydrogen (secondary N) is 1. The Balaban J connectivity index is 2.03. The number of thiophene rings is 1. The van der Waals surface area contributed by atoms with Crippen molar-refractivity contribution in [3.8, 4) is 0 Å². The van der Waals surface area contributed by atoms with Crippen molar-refractivity contribution >= 4 is 23.3 Å². The molecule has 21 heavy (non-hydrogen) atoms. The monoisotopic (exact) mass is 310 g/mol. The fraction of sp³-hybridized carbons (Fsp3) is 0.600. The zero-order valence-corrected chi connectivity index (χ0v) is 13.3. The molecule has 1 aromatic rings. The van der Waals surface area contributed by atoms with E-state index in [1.165, 1.54) is 10.5 Å². The van der Waals surface area contributed by atoms with Crippen molar-refractivity contribution in [1.29, 1.82) is 0 Å². The smallest absolute Gasteiger partial charge is 0.329 e. The summed E-state index contributed by atoms with van der Waals surface area (Å²) in [7, 11) is 0. The average Bonchev–Trinajstić information content (AvgIpc) is 2.92. The van der Waals surface area contributed by atoms with Gasteiger partial charge in [0.05, 0.1) is 6.54 Å². The second-order valence-corrected chi connectivity index (χ2v) is 6.57. The number of aryl methyl sites for hydroxylation is 1. The van der Waals surface area contributed by atoms with Gasteiger partial charge in [0.25, 0.3) is 0 Å². The van der Waals surface area contributed by atoms with E-state index in [-0.39, 0.29) is 6.03 Å². The number of rotatable bonds is 4. The standard InChI is InChI=1S/C15H22N2O3S/c1-3-11-6-9-21-12(11)10-16-14(20)17-8-5-4-7-15(17,2)13(18)19/h6,9H,3-5,7-8,10H2,1-2H3,(H,16,20)(H,18,19). The number of urea groups is 1. The summed E-state index contributed by atoms with van der Waals surface area (Å²) in [5, 5.41) is 14.3. The van der Waals surface area contributed by atoms with E-state index < -0.39 is 11.5 Å². The molecule has 1 saturated heterocycles. The molecule has 1 unspecified atom stereocenters. The van der Waals surface area contributed by atoms with Crippen molar-refractivity contribution in [2.24, 2.45) is 0 Å². The minimum Gasteiger partial charge on any atom is -0.480 e. The van der Waals surface area contributed by atoms with Gasteiger partial charge in [-0.3, -0.25) is 0 Å². The summed E-state index contributed by atoms with van der Waals surface area (Å²) in [6, 6.07) is 1.78. The van der Waals surface area contributed by atoms with Crippen LogP contribution in [0, 0.1) is 0 Å². The number of amides is 2. The summed E-state index contributed by atoms with van der Waals surface area (Å²) in [6.07, 6.45) is 3.15. The van der Waals surface area contributed by atoms with Gasteiger partial charge in [0.2, 0.25) is 0 Å². The minimum atomic E-state index is -1.09. The van der Waals surface area contributed by atoms with Gasteiger partial charge < -0.3 is 15.3 Å². The highest BCUT2D eigenvalue weighted by Gasteiger charge is 2.43. The Kier molecular flexibility index (Phi) is 4.88. The maximum absolute atomic E-state index is 12.4. The van der Waals surface area contributed by atoms with Gasteiger partial charge in [0, 0.05) is 11.4 Å². The van der Waals surface area contributed by atoms with Crippen LogP contribution in [0.5, 0.6) is 0 Å². The number of piperidine rings is 1. The summed E-state index contributed by atoms with van der Waals surface area (Å²) in [4.78, 5) is 26.5. The van der Waals surface area contributed by atoms with Crippen molar-refractivity contribution in [3.05, 3.63) is 21.9 Å². The molecular formula is C15H22N2O3S. The van der Waals surface area contributed by atoms with Crippen molar-refractivity contribution in [2.45, 2.75) is 51.6 Å². The molecule has 5 nitrogen and oxygen atoms in total. The van der Waals surface area contributed by atoms with Crippen LogP contribution in [-0.4, -0.2) is 34.1 Å². The van der Waals surface area contributed by atoms with Gasteiger partial charge in [-0.2, -0.15) is 0 Å². The maximum atomic E-state index is 12.4. The molecule has 2 rings (SSSR count). The van der Waals surface area contributed by atoms with Crippen molar-refractivity contribution in [2.75, 3.05) is 6.54 Å². The van der Waals surface area contributed by atoms with Crippen LogP contribution < -0.4 is 5.32 Å². The molecule has 0 aliphatic carbocycles. The highest BCUT2D eigenvalue weighted by molar-refractivity contribution is 7.10. The van der Waals surface area contributed by atoms with Gasteiger partial charge in [-0.25, -0.2) is 9.59 Å². The van der Waals surface area contributed by atoms with Crippen molar-refractivity contribution in [1.82, 2.24) is 10.2 Å². The molecule has 1 fully saturated rings. The molecule has 2 heterocycles. The molecule has 0 radical (unpaired) electrons. The molecule has 116 valence electrons. The molecule has 2 amide bonds. The number of carbonyl (C=O) groups is 2. The predicted octanol–water partition coefficient (Wildman–Crippen LogP) is 2.85. The first-order chi connectivity index (χ1) is 9.99. The van der Waals surface area contributed by atoms with Crippen LogP contribution in [0.4, 0.5) is 4.79 Å². The number of nitrogens with zero attached hydrogens (tertiary/aromatic N) is 1. The van der Waals surface area contributed by atoms with Gasteiger partial charge >= 0.3 is 12.0 Å². The minimum absolute atomic E-state index is 0.282. The van der Waals surface area contributed by atoms with Crippen LogP contribution in [0.25, 0.3) is 0 Å². The number of carboxylic acids is 1. The first kappa shape index (κ1) is 15.8. The topological polar surface area (TPSA) is 69.6 Å². The van der Waals surface area contributed by atoms with E-state index in [1.54, 1.807) is 18.3 Å². The molecule has 0 aromatic carbocycles. The van der Waals surface area contributed by atoms with E-state index in [9.17, 15) is 14.7 Å². The Morgan fingerprint density at radius 1 is 1.48 bits per heavy atom. The fourth-order valence-corrected chi connectivity index (χ4v) is 3.67. The van der Waals surface area contributed by atoms with Gasteiger partial charge in [-0.15, -0.1) is 11.3 Å². The lowest BCUT2D eigenvalue weighted by atomic mass is 9.89. The van der Waals surface area contributed by atoms with Crippen LogP contribution >= 0.6 is 11.3 Å². The van der Waals surface area contributed by atoms with E-state index >= 15 is 0 Å². The Bertz CT molecular complexity index is 529. The van der Waals surface area contributed by atoms with Crippen LogP contribution in [0.3, 0.4) is 0 Å². The largest absolute Gasteiger partial charge is 0.480 e. The van der Waals surface area contributed by atoms with Crippen LogP contribution in [0.15, 0.2) is 11.4 Å². The SMILES string of the molecule is CCc1ccsc1CNC(=O)N1CCCCC1(C)C(=O)O. The second-order valence-electron chi connectivity index (χ2n) is 5.57. The van der Waals surface area contributed by atoms with E-state index in [0.29, 0.717) is 19.5 Å². The molecule has 2 N–H and O–H groups in total. The van der Waals surface area contributed by atoms with Gasteiger partial charge in [0.15, 0.2) is 0 Å². The lowest BCUT2D eigenvalue weighted by molar-refractivity contribution is -0.150. The van der Waals surface area contributed by atoms with Gasteiger partial charge in [-0.05, 0) is 49.6 Å². The molecule has 1 aliphatic rings. The highest BCUT2D eigenvalue weighted by Crippen LogP contribution is 2.28. The van der Waals surface area contributed by atoms with Crippen molar-refractivity contribution < 1.29 is 14.7 Å². The number of hydrogen-bond donors (Lipinski definition) is 2. The summed E-state index contributed by atoms with van der Waals surface area (Å²) in [5.74, 6) is -0.928. The molecular weight excluding hydrogens is 288 g/mol. The van der Waals surface area contributed by atoms with E-state index in [4.69, 9.17) is 0 Å². The number of likely N-dealkylation sites (tertiary alicyclic amines) is 1. The lowest BCUT2D eigenvalue weighted by Crippen LogP contribution is -2.59. The third-order valence-corrected chi connectivity index (χ3v) is 5.18. The van der Waals surface area contributed by atoms with Crippen LogP contribution in [0.2, 0.25) is 0 Å². The molecule has 0 spiro atoms. The first-order valence-corrected chi connectivity index (χ1v) is 8.21. The number of hydrogen-bond acceptors (Lipinski definition) is 3. The first-order valence-electron chi connectivity index (χ1n) is 7.33. The zero-order chi connectivity index (χ0) is 15.5. The third-order valence-electron chi connectivity index (χ3n) is 4.22. The Hall–Kier alpha value is -1.56. The molecule has 0 saturated carbocycles. The molecule has 1 aliphatic heterocycles. The van der Waals surface area contributed by atoms with E-state index in [0.717, 1.165) is 24.1 Å². The zero-order valence-electron chi connectivity index (χ0n) is 12.5. The van der Waals surface area contributed by atoms with E-state index in [1.807, 2.05) is 5.38 Å².